The summed E-state index contributed by atoms with van der Waals surface area (Å²) in [6.45, 7) is 2.14. The Balaban J connectivity index is 1.59. The van der Waals surface area contributed by atoms with Crippen LogP contribution >= 0.6 is 11.3 Å². The molecule has 26 heavy (non-hydrogen) atoms. The Morgan fingerprint density at radius 1 is 1.08 bits per heavy atom. The SMILES string of the molecule is c1coc(C2CN(c3nc(-c4ccsc4)nc4ccccc34)CCO2)c1. The van der Waals surface area contributed by atoms with Crippen molar-refractivity contribution < 1.29 is 9.15 Å². The molecule has 4 heterocycles. The number of hydrogen-bond donors (Lipinski definition) is 0. The van der Waals surface area contributed by atoms with Crippen LogP contribution in [0.25, 0.3) is 22.3 Å². The minimum absolute atomic E-state index is 0.0860. The van der Waals surface area contributed by atoms with Crippen LogP contribution in [-0.2, 0) is 4.74 Å². The summed E-state index contributed by atoms with van der Waals surface area (Å²) < 4.78 is 11.5. The molecule has 0 spiro atoms. The third-order valence-electron chi connectivity index (χ3n) is 4.59. The smallest absolute Gasteiger partial charge is 0.162 e. The van der Waals surface area contributed by atoms with E-state index in [0.717, 1.165) is 40.4 Å². The number of furan rings is 1. The number of ether oxygens (including phenoxy) is 1. The van der Waals surface area contributed by atoms with Gasteiger partial charge in [-0.1, -0.05) is 12.1 Å². The standard InChI is InChI=1S/C20H17N3O2S/c1-2-5-16-15(4-1)20(22-19(21-16)14-7-11-26-13-14)23-8-10-25-18(12-23)17-6-3-9-24-17/h1-7,9,11,13,18H,8,10,12H2. The number of morpholine rings is 1. The van der Waals surface area contributed by atoms with Gasteiger partial charge in [0.1, 0.15) is 17.7 Å². The summed E-state index contributed by atoms with van der Waals surface area (Å²) in [4.78, 5) is 12.0. The molecule has 0 amide bonds. The van der Waals surface area contributed by atoms with Crippen molar-refractivity contribution >= 4 is 28.1 Å². The summed E-state index contributed by atoms with van der Waals surface area (Å²) in [6.07, 6.45) is 1.60. The van der Waals surface area contributed by atoms with E-state index < -0.39 is 0 Å². The molecular formula is C20H17N3O2S. The summed E-state index contributed by atoms with van der Waals surface area (Å²) in [7, 11) is 0. The fourth-order valence-electron chi connectivity index (χ4n) is 3.31. The molecule has 1 saturated heterocycles. The lowest BCUT2D eigenvalue weighted by atomic mass is 10.1. The predicted molar refractivity (Wildman–Crippen MR) is 102 cm³/mol. The molecule has 0 radical (unpaired) electrons. The number of anilines is 1. The van der Waals surface area contributed by atoms with Gasteiger partial charge in [-0.3, -0.25) is 0 Å². The second-order valence-corrected chi connectivity index (χ2v) is 7.00. The van der Waals surface area contributed by atoms with E-state index in [9.17, 15) is 0 Å². The zero-order valence-electron chi connectivity index (χ0n) is 14.0. The van der Waals surface area contributed by atoms with Crippen LogP contribution in [0, 0.1) is 0 Å². The van der Waals surface area contributed by atoms with E-state index >= 15 is 0 Å². The number of fused-ring (bicyclic) bond motifs is 1. The van der Waals surface area contributed by atoms with Crippen LogP contribution in [0.2, 0.25) is 0 Å². The third-order valence-corrected chi connectivity index (χ3v) is 5.27. The highest BCUT2D eigenvalue weighted by molar-refractivity contribution is 7.08. The van der Waals surface area contributed by atoms with E-state index in [4.69, 9.17) is 19.1 Å². The van der Waals surface area contributed by atoms with E-state index in [-0.39, 0.29) is 6.10 Å². The number of rotatable bonds is 3. The van der Waals surface area contributed by atoms with Crippen LogP contribution in [0.15, 0.2) is 63.9 Å². The summed E-state index contributed by atoms with van der Waals surface area (Å²) in [5.41, 5.74) is 2.01. The minimum Gasteiger partial charge on any atom is -0.467 e. The van der Waals surface area contributed by atoms with Crippen LogP contribution in [0.1, 0.15) is 11.9 Å². The molecule has 0 bridgehead atoms. The Labute approximate surface area is 154 Å². The van der Waals surface area contributed by atoms with E-state index in [1.54, 1.807) is 17.6 Å². The number of para-hydroxylation sites is 1. The van der Waals surface area contributed by atoms with Gasteiger partial charge in [0.05, 0.1) is 24.9 Å². The summed E-state index contributed by atoms with van der Waals surface area (Å²) >= 11 is 1.65. The molecule has 4 aromatic rings. The normalized spacial score (nSPS) is 17.7. The van der Waals surface area contributed by atoms with E-state index in [0.29, 0.717) is 13.2 Å². The van der Waals surface area contributed by atoms with Crippen molar-refractivity contribution in [3.63, 3.8) is 0 Å². The molecule has 3 aromatic heterocycles. The Hall–Kier alpha value is -2.70. The first-order valence-electron chi connectivity index (χ1n) is 8.58. The first kappa shape index (κ1) is 15.5. The van der Waals surface area contributed by atoms with Gasteiger partial charge >= 0.3 is 0 Å². The van der Waals surface area contributed by atoms with Crippen LogP contribution in [0.3, 0.4) is 0 Å². The Bertz CT molecular complexity index is 1010. The molecule has 5 rings (SSSR count). The Morgan fingerprint density at radius 3 is 2.88 bits per heavy atom. The second-order valence-electron chi connectivity index (χ2n) is 6.22. The molecule has 130 valence electrons. The van der Waals surface area contributed by atoms with Gasteiger partial charge in [-0.15, -0.1) is 0 Å². The van der Waals surface area contributed by atoms with Crippen molar-refractivity contribution in [2.75, 3.05) is 24.6 Å². The van der Waals surface area contributed by atoms with Crippen molar-refractivity contribution in [3.8, 4) is 11.4 Å². The average Bonchev–Trinajstić information content (AvgIpc) is 3.41. The average molecular weight is 363 g/mol. The predicted octanol–water partition coefficient (Wildman–Crippen LogP) is 4.53. The molecule has 1 aromatic carbocycles. The number of aromatic nitrogens is 2. The molecule has 6 heteroatoms. The van der Waals surface area contributed by atoms with Crippen LogP contribution in [0.5, 0.6) is 0 Å². The van der Waals surface area contributed by atoms with Crippen LogP contribution < -0.4 is 4.90 Å². The minimum atomic E-state index is -0.0860. The molecule has 0 N–H and O–H groups in total. The van der Waals surface area contributed by atoms with Crippen molar-refractivity contribution in [1.29, 1.82) is 0 Å². The fraction of sp³-hybridized carbons (Fsp3) is 0.200. The molecule has 0 saturated carbocycles. The van der Waals surface area contributed by atoms with Gasteiger partial charge in [-0.2, -0.15) is 11.3 Å². The highest BCUT2D eigenvalue weighted by atomic mass is 32.1. The number of benzene rings is 1. The lowest BCUT2D eigenvalue weighted by Crippen LogP contribution is -2.39. The monoisotopic (exact) mass is 363 g/mol. The van der Waals surface area contributed by atoms with Crippen molar-refractivity contribution in [3.05, 3.63) is 65.2 Å². The number of hydrogen-bond acceptors (Lipinski definition) is 6. The largest absolute Gasteiger partial charge is 0.467 e. The van der Waals surface area contributed by atoms with Gasteiger partial charge in [-0.25, -0.2) is 9.97 Å². The summed E-state index contributed by atoms with van der Waals surface area (Å²) in [5, 5.41) is 5.19. The molecule has 1 fully saturated rings. The van der Waals surface area contributed by atoms with Crippen LogP contribution in [0.4, 0.5) is 5.82 Å². The maximum atomic E-state index is 5.91. The maximum absolute atomic E-state index is 5.91. The highest BCUT2D eigenvalue weighted by Gasteiger charge is 2.26. The first-order chi connectivity index (χ1) is 12.9. The summed E-state index contributed by atoms with van der Waals surface area (Å²) in [5.74, 6) is 2.57. The van der Waals surface area contributed by atoms with E-state index in [1.807, 2.05) is 30.3 Å². The first-order valence-corrected chi connectivity index (χ1v) is 9.52. The van der Waals surface area contributed by atoms with Gasteiger partial charge in [0, 0.05) is 22.9 Å². The van der Waals surface area contributed by atoms with Crippen molar-refractivity contribution in [2.24, 2.45) is 0 Å². The molecule has 1 aliphatic rings. The fourth-order valence-corrected chi connectivity index (χ4v) is 3.94. The third kappa shape index (κ3) is 2.77. The van der Waals surface area contributed by atoms with Crippen molar-refractivity contribution in [2.45, 2.75) is 6.10 Å². The van der Waals surface area contributed by atoms with Gasteiger partial charge in [-0.05, 0) is 35.7 Å². The quantitative estimate of drug-likeness (QED) is 0.535. The zero-order chi connectivity index (χ0) is 17.3. The number of thiophene rings is 1. The summed E-state index contributed by atoms with van der Waals surface area (Å²) in [6, 6.07) is 14.1. The molecular weight excluding hydrogens is 346 g/mol. The zero-order valence-corrected chi connectivity index (χ0v) is 14.9. The Morgan fingerprint density at radius 2 is 2.04 bits per heavy atom. The molecule has 1 unspecified atom stereocenters. The van der Waals surface area contributed by atoms with Gasteiger partial charge in [0.25, 0.3) is 0 Å². The Kier molecular flexibility index (Phi) is 3.92. The molecule has 5 nitrogen and oxygen atoms in total. The van der Waals surface area contributed by atoms with Gasteiger partial charge in [0.2, 0.25) is 0 Å². The lowest BCUT2D eigenvalue weighted by Gasteiger charge is -2.33. The van der Waals surface area contributed by atoms with E-state index in [1.165, 1.54) is 0 Å². The van der Waals surface area contributed by atoms with Crippen molar-refractivity contribution in [1.82, 2.24) is 9.97 Å². The maximum Gasteiger partial charge on any atom is 0.162 e. The topological polar surface area (TPSA) is 51.4 Å². The van der Waals surface area contributed by atoms with Gasteiger partial charge in [0.15, 0.2) is 5.82 Å². The molecule has 1 aliphatic heterocycles. The van der Waals surface area contributed by atoms with Gasteiger partial charge < -0.3 is 14.1 Å². The van der Waals surface area contributed by atoms with Crippen LogP contribution in [-0.4, -0.2) is 29.7 Å². The highest BCUT2D eigenvalue weighted by Crippen LogP contribution is 2.32. The van der Waals surface area contributed by atoms with E-state index in [2.05, 4.69) is 27.8 Å². The lowest BCUT2D eigenvalue weighted by molar-refractivity contribution is 0.0256. The molecule has 0 aliphatic carbocycles. The molecule has 1 atom stereocenters. The second kappa shape index (κ2) is 6.55. The number of nitrogens with zero attached hydrogens (tertiary/aromatic N) is 3.